The van der Waals surface area contributed by atoms with Crippen molar-refractivity contribution in [2.75, 3.05) is 0 Å². The molecule has 4 aromatic rings. The Morgan fingerprint density at radius 3 is 2.00 bits per heavy atom. The molecule has 0 N–H and O–H groups in total. The van der Waals surface area contributed by atoms with Crippen molar-refractivity contribution in [3.8, 4) is 11.3 Å². The molecule has 0 aliphatic carbocycles. The van der Waals surface area contributed by atoms with Gasteiger partial charge in [-0.15, -0.1) is 0 Å². The van der Waals surface area contributed by atoms with Crippen LogP contribution in [0.15, 0.2) is 103 Å². The number of pyridine rings is 1. The molecule has 0 spiro atoms. The number of hydrogen-bond acceptors (Lipinski definition) is 2. The van der Waals surface area contributed by atoms with E-state index in [0.717, 1.165) is 27.4 Å². The molecule has 0 saturated heterocycles. The van der Waals surface area contributed by atoms with Gasteiger partial charge in [0.2, 0.25) is 0 Å². The minimum Gasteiger partial charge on any atom is -0.313 e. The number of rotatable bonds is 5. The average Bonchev–Trinajstić information content (AvgIpc) is 2.75. The molecule has 0 aliphatic heterocycles. The predicted molar refractivity (Wildman–Crippen MR) is 118 cm³/mol. The molecule has 1 heterocycles. The monoisotopic (exact) mass is 403 g/mol. The molecular formula is C24H19ClNOP. The van der Waals surface area contributed by atoms with Crippen molar-refractivity contribution in [1.82, 2.24) is 4.98 Å². The molecule has 3 aromatic carbocycles. The van der Waals surface area contributed by atoms with Crippen LogP contribution in [0.1, 0.15) is 5.56 Å². The largest absolute Gasteiger partial charge is 0.313 e. The molecule has 1 aromatic heterocycles. The lowest BCUT2D eigenvalue weighted by Crippen LogP contribution is -2.17. The topological polar surface area (TPSA) is 30.0 Å². The Morgan fingerprint density at radius 1 is 0.750 bits per heavy atom. The lowest BCUT2D eigenvalue weighted by atomic mass is 10.1. The summed E-state index contributed by atoms with van der Waals surface area (Å²) < 4.78 is 14.4. The van der Waals surface area contributed by atoms with Gasteiger partial charge in [-0.05, 0) is 23.8 Å². The third-order valence-corrected chi connectivity index (χ3v) is 8.01. The molecule has 28 heavy (non-hydrogen) atoms. The zero-order valence-electron chi connectivity index (χ0n) is 15.2. The van der Waals surface area contributed by atoms with E-state index in [1.165, 1.54) is 0 Å². The van der Waals surface area contributed by atoms with Gasteiger partial charge in [0.1, 0.15) is 7.14 Å². The summed E-state index contributed by atoms with van der Waals surface area (Å²) in [5.41, 5.74) is 2.69. The van der Waals surface area contributed by atoms with Crippen molar-refractivity contribution < 1.29 is 4.57 Å². The number of halogens is 1. The molecule has 4 rings (SSSR count). The summed E-state index contributed by atoms with van der Waals surface area (Å²) in [6, 6.07) is 30.9. The highest BCUT2D eigenvalue weighted by Gasteiger charge is 2.28. The SMILES string of the molecule is O=P(Cc1cccnc1-c1cccc(Cl)c1)(c1ccccc1)c1ccccc1. The molecule has 0 bridgehead atoms. The van der Waals surface area contributed by atoms with Crippen LogP contribution in [0.25, 0.3) is 11.3 Å². The molecule has 0 fully saturated rings. The average molecular weight is 404 g/mol. The fourth-order valence-corrected chi connectivity index (χ4v) is 6.27. The summed E-state index contributed by atoms with van der Waals surface area (Å²) in [6.07, 6.45) is 2.16. The number of nitrogens with zero attached hydrogens (tertiary/aromatic N) is 1. The van der Waals surface area contributed by atoms with Crippen LogP contribution in [0, 0.1) is 0 Å². The summed E-state index contributed by atoms with van der Waals surface area (Å²) >= 11 is 6.19. The summed E-state index contributed by atoms with van der Waals surface area (Å²) in [4.78, 5) is 4.58. The highest BCUT2D eigenvalue weighted by atomic mass is 35.5. The molecule has 0 radical (unpaired) electrons. The Morgan fingerprint density at radius 2 is 1.39 bits per heavy atom. The minimum atomic E-state index is -2.88. The van der Waals surface area contributed by atoms with E-state index in [2.05, 4.69) is 4.98 Å². The van der Waals surface area contributed by atoms with E-state index in [-0.39, 0.29) is 0 Å². The van der Waals surface area contributed by atoms with Gasteiger partial charge in [-0.25, -0.2) is 0 Å². The smallest absolute Gasteiger partial charge is 0.147 e. The maximum absolute atomic E-state index is 14.4. The van der Waals surface area contributed by atoms with Crippen molar-refractivity contribution in [2.45, 2.75) is 6.16 Å². The third-order valence-electron chi connectivity index (χ3n) is 4.73. The normalized spacial score (nSPS) is 11.3. The number of hydrogen-bond donors (Lipinski definition) is 0. The maximum Gasteiger partial charge on any atom is 0.147 e. The van der Waals surface area contributed by atoms with Crippen LogP contribution in [0.4, 0.5) is 0 Å². The van der Waals surface area contributed by atoms with Gasteiger partial charge >= 0.3 is 0 Å². The van der Waals surface area contributed by atoms with E-state index in [4.69, 9.17) is 11.6 Å². The molecule has 0 saturated carbocycles. The van der Waals surface area contributed by atoms with Crippen LogP contribution < -0.4 is 10.6 Å². The highest BCUT2D eigenvalue weighted by Crippen LogP contribution is 2.48. The first kappa shape index (κ1) is 18.7. The summed E-state index contributed by atoms with van der Waals surface area (Å²) in [7, 11) is -2.88. The van der Waals surface area contributed by atoms with Gasteiger partial charge in [-0.2, -0.15) is 0 Å². The Bertz CT molecular complexity index is 1090. The molecular weight excluding hydrogens is 385 g/mol. The Labute approximate surface area is 170 Å². The Kier molecular flexibility index (Phi) is 5.43. The first-order chi connectivity index (χ1) is 13.7. The molecule has 138 valence electrons. The van der Waals surface area contributed by atoms with Gasteiger partial charge < -0.3 is 4.57 Å². The highest BCUT2D eigenvalue weighted by molar-refractivity contribution is 7.78. The number of aromatic nitrogens is 1. The van der Waals surface area contributed by atoms with E-state index in [0.29, 0.717) is 11.2 Å². The van der Waals surface area contributed by atoms with Crippen molar-refractivity contribution in [3.05, 3.63) is 114 Å². The Balaban J connectivity index is 1.85. The van der Waals surface area contributed by atoms with Crippen LogP contribution in [-0.2, 0) is 10.7 Å². The van der Waals surface area contributed by atoms with Crippen LogP contribution in [0.5, 0.6) is 0 Å². The second kappa shape index (κ2) is 8.14. The number of benzene rings is 3. The second-order valence-electron chi connectivity index (χ2n) is 6.59. The fourth-order valence-electron chi connectivity index (χ4n) is 3.37. The van der Waals surface area contributed by atoms with Crippen molar-refractivity contribution in [1.29, 1.82) is 0 Å². The van der Waals surface area contributed by atoms with E-state index in [1.807, 2.05) is 97.1 Å². The molecule has 0 atom stereocenters. The lowest BCUT2D eigenvalue weighted by molar-refractivity contribution is 0.586. The van der Waals surface area contributed by atoms with Gasteiger partial charge in [0.05, 0.1) is 5.69 Å². The third kappa shape index (κ3) is 3.80. The molecule has 0 aliphatic rings. The van der Waals surface area contributed by atoms with Gasteiger partial charge in [-0.1, -0.05) is 90.5 Å². The zero-order valence-corrected chi connectivity index (χ0v) is 16.9. The quantitative estimate of drug-likeness (QED) is 0.387. The van der Waals surface area contributed by atoms with Gasteiger partial charge in [-0.3, -0.25) is 4.98 Å². The predicted octanol–water partition coefficient (Wildman–Crippen LogP) is 5.92. The van der Waals surface area contributed by atoms with E-state index >= 15 is 0 Å². The molecule has 0 amide bonds. The first-order valence-electron chi connectivity index (χ1n) is 9.07. The fraction of sp³-hybridized carbons (Fsp3) is 0.0417. The molecule has 2 nitrogen and oxygen atoms in total. The van der Waals surface area contributed by atoms with Crippen LogP contribution in [-0.4, -0.2) is 4.98 Å². The Hall–Kier alpha value is -2.67. The van der Waals surface area contributed by atoms with Crippen molar-refractivity contribution in [3.63, 3.8) is 0 Å². The van der Waals surface area contributed by atoms with Crippen LogP contribution in [0.2, 0.25) is 5.02 Å². The van der Waals surface area contributed by atoms with E-state index in [1.54, 1.807) is 6.20 Å². The van der Waals surface area contributed by atoms with Crippen molar-refractivity contribution >= 4 is 29.4 Å². The van der Waals surface area contributed by atoms with Gasteiger partial charge in [0.25, 0.3) is 0 Å². The minimum absolute atomic E-state index is 0.400. The first-order valence-corrected chi connectivity index (χ1v) is 11.3. The lowest BCUT2D eigenvalue weighted by Gasteiger charge is -2.21. The summed E-state index contributed by atoms with van der Waals surface area (Å²) in [6.45, 7) is 0. The van der Waals surface area contributed by atoms with E-state index in [9.17, 15) is 4.57 Å². The molecule has 4 heteroatoms. The zero-order chi connectivity index (χ0) is 19.4. The van der Waals surface area contributed by atoms with Gasteiger partial charge in [0.15, 0.2) is 0 Å². The summed E-state index contributed by atoms with van der Waals surface area (Å²) in [5.74, 6) is 0. The summed E-state index contributed by atoms with van der Waals surface area (Å²) in [5, 5.41) is 2.35. The second-order valence-corrected chi connectivity index (χ2v) is 9.86. The van der Waals surface area contributed by atoms with Gasteiger partial charge in [0, 0.05) is 33.6 Å². The van der Waals surface area contributed by atoms with E-state index < -0.39 is 7.14 Å². The molecule has 0 unspecified atom stereocenters. The van der Waals surface area contributed by atoms with Crippen LogP contribution >= 0.6 is 18.7 Å². The standard InChI is InChI=1S/C24H19ClNOP/c25-21-11-7-9-19(17-21)24-20(10-8-16-26-24)18-28(27,22-12-3-1-4-13-22)23-14-5-2-6-15-23/h1-17H,18H2. The maximum atomic E-state index is 14.4. The van der Waals surface area contributed by atoms with Crippen molar-refractivity contribution in [2.24, 2.45) is 0 Å². The van der Waals surface area contributed by atoms with Crippen LogP contribution in [0.3, 0.4) is 0 Å².